The van der Waals surface area contributed by atoms with Crippen LogP contribution in [0.3, 0.4) is 0 Å². The van der Waals surface area contributed by atoms with Crippen LogP contribution in [0.5, 0.6) is 0 Å². The van der Waals surface area contributed by atoms with Crippen LogP contribution in [0.25, 0.3) is 0 Å². The number of amides is 2. The molecule has 0 fully saturated rings. The van der Waals surface area contributed by atoms with Gasteiger partial charge in [-0.05, 0) is 13.8 Å². The molecule has 0 saturated heterocycles. The topological polar surface area (TPSA) is 179 Å². The van der Waals surface area contributed by atoms with Crippen LogP contribution in [0.15, 0.2) is 22.5 Å². The Balaban J connectivity index is 3.16. The molecule has 0 aromatic rings. The first-order chi connectivity index (χ1) is 16.1. The molecule has 0 aromatic carbocycles. The number of fused-ring (bicyclic) bond motifs is 1. The van der Waals surface area contributed by atoms with E-state index >= 15 is 0 Å². The first kappa shape index (κ1) is 27.4. The van der Waals surface area contributed by atoms with Crippen molar-refractivity contribution < 1.29 is 42.9 Å². The molecule has 0 atom stereocenters. The van der Waals surface area contributed by atoms with Gasteiger partial charge >= 0.3 is 24.1 Å². The third kappa shape index (κ3) is 3.64. The Morgan fingerprint density at radius 2 is 1.09 bits per heavy atom. The average Bonchev–Trinajstić information content (AvgIpc) is 3.11. The molecule has 2 aliphatic heterocycles. The van der Waals surface area contributed by atoms with Crippen molar-refractivity contribution in [2.45, 2.75) is 40.4 Å². The zero-order valence-electron chi connectivity index (χ0n) is 21.1. The highest BCUT2D eigenvalue weighted by Gasteiger charge is 2.78. The maximum absolute atomic E-state index is 14.3. The summed E-state index contributed by atoms with van der Waals surface area (Å²) in [4.78, 5) is 65.4. The van der Waals surface area contributed by atoms with E-state index in [0.717, 1.165) is 38.5 Å². The fraction of sp³-hybridized carbons (Fsp3) is 0.571. The fourth-order valence-corrected chi connectivity index (χ4v) is 4.58. The molecule has 0 aromatic heterocycles. The summed E-state index contributed by atoms with van der Waals surface area (Å²) >= 11 is 0. The van der Waals surface area contributed by atoms with Crippen molar-refractivity contribution in [3.05, 3.63) is 22.5 Å². The lowest BCUT2D eigenvalue weighted by Gasteiger charge is -2.49. The Kier molecular flexibility index (Phi) is 7.13. The number of nitrogens with one attached hydrogen (secondary N) is 2. The number of methoxy groups -OCH3 is 4. The molecule has 2 heterocycles. The van der Waals surface area contributed by atoms with E-state index in [0.29, 0.717) is 0 Å². The molecule has 14 nitrogen and oxygen atoms in total. The van der Waals surface area contributed by atoms with Gasteiger partial charge in [0.15, 0.2) is 11.2 Å². The van der Waals surface area contributed by atoms with Crippen molar-refractivity contribution in [1.29, 1.82) is 0 Å². The number of carbonyl (C=O) groups is 5. The van der Waals surface area contributed by atoms with E-state index < -0.39 is 46.5 Å². The summed E-state index contributed by atoms with van der Waals surface area (Å²) in [5.74, 6) is -5.03. The lowest BCUT2D eigenvalue weighted by Crippen LogP contribution is -2.77. The highest BCUT2D eigenvalue weighted by molar-refractivity contribution is 6.14. The van der Waals surface area contributed by atoms with Crippen molar-refractivity contribution >= 4 is 29.9 Å². The smallest absolute Gasteiger partial charge is 0.425 e. The van der Waals surface area contributed by atoms with E-state index in [1.807, 2.05) is 0 Å². The number of ether oxygens (including phenoxy) is 4. The molecule has 0 aliphatic carbocycles. The first-order valence-electron chi connectivity index (χ1n) is 10.4. The van der Waals surface area contributed by atoms with Crippen LogP contribution in [0.1, 0.15) is 34.6 Å². The summed E-state index contributed by atoms with van der Waals surface area (Å²) < 4.78 is 19.3. The van der Waals surface area contributed by atoms with Gasteiger partial charge in [0.1, 0.15) is 0 Å². The summed E-state index contributed by atoms with van der Waals surface area (Å²) in [6, 6.07) is 0. The number of Topliss-reactive ketones (excluding diaryl/α,β-unsaturated/α-hetero) is 1. The third-order valence-electron chi connectivity index (χ3n) is 5.96. The summed E-state index contributed by atoms with van der Waals surface area (Å²) in [5, 5.41) is 1.92. The van der Waals surface area contributed by atoms with Gasteiger partial charge in [0.05, 0.1) is 39.6 Å². The molecule has 2 amide bonds. The van der Waals surface area contributed by atoms with Crippen LogP contribution >= 0.6 is 0 Å². The summed E-state index contributed by atoms with van der Waals surface area (Å²) in [5.41, 5.74) is 7.35. The van der Waals surface area contributed by atoms with Crippen LogP contribution in [-0.2, 0) is 33.3 Å². The van der Waals surface area contributed by atoms with Crippen molar-refractivity contribution in [3.63, 3.8) is 0 Å². The van der Waals surface area contributed by atoms with Crippen LogP contribution in [0.4, 0.5) is 9.59 Å². The highest BCUT2D eigenvalue weighted by atomic mass is 16.6. The van der Waals surface area contributed by atoms with Gasteiger partial charge in [-0.25, -0.2) is 40.0 Å². The minimum Gasteiger partial charge on any atom is -0.466 e. The molecule has 0 spiro atoms. The molecule has 0 radical (unpaired) electrons. The number of ketones is 1. The van der Waals surface area contributed by atoms with Gasteiger partial charge in [0, 0.05) is 16.8 Å². The Bertz CT molecular complexity index is 978. The normalized spacial score (nSPS) is 23.6. The molecule has 0 bridgehead atoms. The van der Waals surface area contributed by atoms with Crippen LogP contribution in [0, 0.1) is 10.8 Å². The first-order valence-corrected chi connectivity index (χ1v) is 10.4. The number of nitrogens with two attached hydrogens (primary N) is 1. The zero-order valence-corrected chi connectivity index (χ0v) is 21.1. The van der Waals surface area contributed by atoms with Gasteiger partial charge in [-0.15, -0.1) is 0 Å². The number of hydrogen-bond acceptors (Lipinski definition) is 12. The SMILES string of the molecule is COC(=O)NN1C(C)=C(C(=O)OC)C2(C(=O)C(C)(C)C)C(C(=O)OC)=C(C)N(NC(=O)OC)C12N. The second kappa shape index (κ2) is 9.09. The fourth-order valence-electron chi connectivity index (χ4n) is 4.58. The molecule has 0 unspecified atom stereocenters. The van der Waals surface area contributed by atoms with Gasteiger partial charge < -0.3 is 18.9 Å². The molecule has 2 aliphatic rings. The summed E-state index contributed by atoms with van der Waals surface area (Å²) in [7, 11) is 4.34. The van der Waals surface area contributed by atoms with E-state index in [1.54, 1.807) is 20.8 Å². The second-order valence-corrected chi connectivity index (χ2v) is 8.84. The number of allylic oxidation sites excluding steroid dienone is 2. The van der Waals surface area contributed by atoms with Gasteiger partial charge in [0.25, 0.3) is 0 Å². The van der Waals surface area contributed by atoms with Gasteiger partial charge in [-0.3, -0.25) is 10.5 Å². The van der Waals surface area contributed by atoms with E-state index in [-0.39, 0.29) is 22.5 Å². The zero-order chi connectivity index (χ0) is 27.1. The number of esters is 2. The number of nitrogens with zero attached hydrogens (tertiary/aromatic N) is 2. The van der Waals surface area contributed by atoms with E-state index in [9.17, 15) is 24.0 Å². The molecule has 35 heavy (non-hydrogen) atoms. The van der Waals surface area contributed by atoms with Crippen LogP contribution < -0.4 is 16.6 Å². The van der Waals surface area contributed by atoms with Crippen molar-refractivity contribution in [2.75, 3.05) is 28.4 Å². The molecular weight excluding hydrogens is 466 g/mol. The Labute approximate surface area is 202 Å². The van der Waals surface area contributed by atoms with Gasteiger partial charge in [-0.2, -0.15) is 0 Å². The number of rotatable bonds is 5. The van der Waals surface area contributed by atoms with Gasteiger partial charge in [0.2, 0.25) is 5.79 Å². The second-order valence-electron chi connectivity index (χ2n) is 8.84. The average molecular weight is 498 g/mol. The highest BCUT2D eigenvalue weighted by Crippen LogP contribution is 2.62. The quantitative estimate of drug-likeness (QED) is 0.349. The summed E-state index contributed by atoms with van der Waals surface area (Å²) in [6.45, 7) is 7.45. The van der Waals surface area contributed by atoms with E-state index in [1.165, 1.54) is 13.8 Å². The maximum atomic E-state index is 14.3. The summed E-state index contributed by atoms with van der Waals surface area (Å²) in [6.07, 6.45) is -2.03. The minimum absolute atomic E-state index is 0.0482. The number of hydrogen-bond donors (Lipinski definition) is 3. The molecule has 194 valence electrons. The van der Waals surface area contributed by atoms with E-state index in [4.69, 9.17) is 15.2 Å². The Morgan fingerprint density at radius 3 is 1.34 bits per heavy atom. The van der Waals surface area contributed by atoms with Crippen molar-refractivity contribution in [2.24, 2.45) is 16.6 Å². The van der Waals surface area contributed by atoms with Gasteiger partial charge in [-0.1, -0.05) is 20.8 Å². The molecule has 14 heteroatoms. The predicted octanol–water partition coefficient (Wildman–Crippen LogP) is 0.268. The molecule has 0 saturated carbocycles. The van der Waals surface area contributed by atoms with Crippen molar-refractivity contribution in [3.8, 4) is 0 Å². The largest absolute Gasteiger partial charge is 0.466 e. The minimum atomic E-state index is -2.33. The van der Waals surface area contributed by atoms with Crippen LogP contribution in [0.2, 0.25) is 0 Å². The third-order valence-corrected chi connectivity index (χ3v) is 5.96. The molecular formula is C21H31N5O9. The molecule has 4 N–H and O–H groups in total. The Morgan fingerprint density at radius 1 is 0.743 bits per heavy atom. The standard InChI is InChI=1S/C21H31N5O9/c1-10-12(14(27)32-6)20(16(29)19(3,4)5)13(15(28)33-7)11(2)26(24-18(31)35-9)21(20,22)25(10)23-17(30)34-8/h22H2,1-9H3,(H,23,30)(H,24,31). The van der Waals surface area contributed by atoms with Crippen molar-refractivity contribution in [1.82, 2.24) is 20.9 Å². The lowest BCUT2D eigenvalue weighted by molar-refractivity contribution is -0.156. The maximum Gasteiger partial charge on any atom is 0.425 e. The number of hydrazine groups is 2. The predicted molar refractivity (Wildman–Crippen MR) is 118 cm³/mol. The van der Waals surface area contributed by atoms with E-state index in [2.05, 4.69) is 20.3 Å². The lowest BCUT2D eigenvalue weighted by atomic mass is 9.62. The monoisotopic (exact) mass is 497 g/mol. The molecule has 2 rings (SSSR count). The Hall–Kier alpha value is -3.81. The number of carbonyl (C=O) groups excluding carboxylic acids is 5. The van der Waals surface area contributed by atoms with Crippen LogP contribution in [-0.4, -0.2) is 74.2 Å².